The number of guanidine groups is 1. The second-order valence-electron chi connectivity index (χ2n) is 8.08. The number of hydrogen-bond acceptors (Lipinski definition) is 3. The number of nitrogens with one attached hydrogen (secondary N) is 1. The van der Waals surface area contributed by atoms with Crippen LogP contribution in [0.3, 0.4) is 0 Å². The largest absolute Gasteiger partial charge is 0.373 e. The Balaban J connectivity index is 0.00000225. The zero-order valence-electron chi connectivity index (χ0n) is 17.1. The molecule has 0 amide bonds. The molecule has 3 aliphatic rings. The highest BCUT2D eigenvalue weighted by atomic mass is 127. The van der Waals surface area contributed by atoms with E-state index in [0.29, 0.717) is 12.0 Å². The SMILES string of the molecule is CCNC(=NCC1CCOC1c1ccccc1)N1CCC(N2CCCC2)C1.I. The lowest BCUT2D eigenvalue weighted by Gasteiger charge is -2.26. The maximum Gasteiger partial charge on any atom is 0.193 e. The van der Waals surface area contributed by atoms with E-state index in [4.69, 9.17) is 9.73 Å². The van der Waals surface area contributed by atoms with Gasteiger partial charge in [0.05, 0.1) is 6.10 Å². The third-order valence-corrected chi connectivity index (χ3v) is 6.27. The number of aliphatic imine (C=N–C) groups is 1. The molecule has 0 aromatic heterocycles. The van der Waals surface area contributed by atoms with Gasteiger partial charge in [0.15, 0.2) is 5.96 Å². The minimum Gasteiger partial charge on any atom is -0.373 e. The Hall–Kier alpha value is -0.860. The lowest BCUT2D eigenvalue weighted by Crippen LogP contribution is -2.43. The summed E-state index contributed by atoms with van der Waals surface area (Å²) in [6.07, 6.45) is 5.29. The van der Waals surface area contributed by atoms with Crippen molar-refractivity contribution < 1.29 is 4.74 Å². The summed E-state index contributed by atoms with van der Waals surface area (Å²) in [7, 11) is 0. The number of hydrogen-bond donors (Lipinski definition) is 1. The average Bonchev–Trinajstić information content (AvgIpc) is 3.47. The Morgan fingerprint density at radius 2 is 1.93 bits per heavy atom. The van der Waals surface area contributed by atoms with Crippen molar-refractivity contribution in [3.05, 3.63) is 35.9 Å². The molecule has 3 aliphatic heterocycles. The fourth-order valence-electron chi connectivity index (χ4n) is 4.80. The van der Waals surface area contributed by atoms with E-state index in [9.17, 15) is 0 Å². The smallest absolute Gasteiger partial charge is 0.193 e. The number of rotatable bonds is 5. The topological polar surface area (TPSA) is 40.1 Å². The summed E-state index contributed by atoms with van der Waals surface area (Å²) in [5, 5.41) is 3.53. The number of halogens is 1. The molecule has 156 valence electrons. The van der Waals surface area contributed by atoms with Gasteiger partial charge < -0.3 is 15.0 Å². The maximum absolute atomic E-state index is 6.04. The summed E-state index contributed by atoms with van der Waals surface area (Å²) in [5.41, 5.74) is 1.29. The van der Waals surface area contributed by atoms with Crippen molar-refractivity contribution in [2.45, 2.75) is 44.8 Å². The van der Waals surface area contributed by atoms with Gasteiger partial charge in [-0.3, -0.25) is 9.89 Å². The number of nitrogens with zero attached hydrogens (tertiary/aromatic N) is 3. The van der Waals surface area contributed by atoms with Crippen LogP contribution in [-0.4, -0.2) is 67.7 Å². The second kappa shape index (κ2) is 10.8. The van der Waals surface area contributed by atoms with Gasteiger partial charge in [0.1, 0.15) is 0 Å². The number of ether oxygens (including phenoxy) is 1. The van der Waals surface area contributed by atoms with Crippen LogP contribution in [0.15, 0.2) is 35.3 Å². The Labute approximate surface area is 186 Å². The van der Waals surface area contributed by atoms with E-state index in [2.05, 4.69) is 52.4 Å². The van der Waals surface area contributed by atoms with E-state index in [0.717, 1.165) is 45.2 Å². The van der Waals surface area contributed by atoms with E-state index in [1.807, 2.05) is 0 Å². The Morgan fingerprint density at radius 3 is 2.68 bits per heavy atom. The normalized spacial score (nSPS) is 28.5. The van der Waals surface area contributed by atoms with E-state index in [1.54, 1.807) is 0 Å². The van der Waals surface area contributed by atoms with Crippen LogP contribution in [0.25, 0.3) is 0 Å². The molecule has 3 saturated heterocycles. The molecule has 0 spiro atoms. The van der Waals surface area contributed by atoms with Crippen molar-refractivity contribution in [3.8, 4) is 0 Å². The zero-order chi connectivity index (χ0) is 18.5. The van der Waals surface area contributed by atoms with Crippen molar-refractivity contribution >= 4 is 29.9 Å². The van der Waals surface area contributed by atoms with Crippen molar-refractivity contribution in [1.82, 2.24) is 15.1 Å². The first-order chi connectivity index (χ1) is 13.3. The third kappa shape index (κ3) is 5.19. The van der Waals surface area contributed by atoms with Gasteiger partial charge in [0.25, 0.3) is 0 Å². The van der Waals surface area contributed by atoms with Gasteiger partial charge in [-0.1, -0.05) is 30.3 Å². The molecule has 0 aliphatic carbocycles. The second-order valence-corrected chi connectivity index (χ2v) is 8.08. The van der Waals surface area contributed by atoms with Crippen molar-refractivity contribution in [2.75, 3.05) is 45.9 Å². The van der Waals surface area contributed by atoms with Crippen LogP contribution >= 0.6 is 24.0 Å². The van der Waals surface area contributed by atoms with Crippen LogP contribution in [-0.2, 0) is 4.74 Å². The molecule has 3 atom stereocenters. The lowest BCUT2D eigenvalue weighted by molar-refractivity contribution is 0.0925. The van der Waals surface area contributed by atoms with Gasteiger partial charge in [0, 0.05) is 44.7 Å². The molecule has 6 heteroatoms. The summed E-state index contributed by atoms with van der Waals surface area (Å²) in [6, 6.07) is 11.3. The summed E-state index contributed by atoms with van der Waals surface area (Å²) >= 11 is 0. The zero-order valence-corrected chi connectivity index (χ0v) is 19.4. The van der Waals surface area contributed by atoms with Gasteiger partial charge in [-0.05, 0) is 51.3 Å². The van der Waals surface area contributed by atoms with Gasteiger partial charge in [-0.2, -0.15) is 0 Å². The summed E-state index contributed by atoms with van der Waals surface area (Å²) in [5.74, 6) is 1.57. The van der Waals surface area contributed by atoms with Gasteiger partial charge >= 0.3 is 0 Å². The van der Waals surface area contributed by atoms with Gasteiger partial charge in [-0.15, -0.1) is 24.0 Å². The monoisotopic (exact) mass is 498 g/mol. The first-order valence-electron chi connectivity index (χ1n) is 10.8. The highest BCUT2D eigenvalue weighted by Gasteiger charge is 2.32. The molecule has 3 unspecified atom stereocenters. The highest BCUT2D eigenvalue weighted by Crippen LogP contribution is 2.34. The lowest BCUT2D eigenvalue weighted by atomic mass is 9.95. The Kier molecular flexibility index (Phi) is 8.41. The maximum atomic E-state index is 6.04. The van der Waals surface area contributed by atoms with Crippen molar-refractivity contribution in [3.63, 3.8) is 0 Å². The molecule has 1 aromatic carbocycles. The Morgan fingerprint density at radius 1 is 1.14 bits per heavy atom. The van der Waals surface area contributed by atoms with Crippen molar-refractivity contribution in [2.24, 2.45) is 10.9 Å². The van der Waals surface area contributed by atoms with E-state index in [-0.39, 0.29) is 30.1 Å². The molecule has 0 saturated carbocycles. The molecule has 1 N–H and O–H groups in total. The van der Waals surface area contributed by atoms with E-state index in [1.165, 1.54) is 37.9 Å². The molecule has 1 aromatic rings. The quantitative estimate of drug-likeness (QED) is 0.383. The standard InChI is InChI=1S/C22H34N4O.HI/c1-2-23-22(26-14-10-20(17-26)25-12-6-7-13-25)24-16-19-11-15-27-21(19)18-8-4-3-5-9-18;/h3-5,8-9,19-21H,2,6-7,10-17H2,1H3,(H,23,24);1H. The minimum absolute atomic E-state index is 0. The molecular weight excluding hydrogens is 463 g/mol. The van der Waals surface area contributed by atoms with Crippen LogP contribution in [0.5, 0.6) is 0 Å². The molecule has 5 nitrogen and oxygen atoms in total. The van der Waals surface area contributed by atoms with Crippen LogP contribution < -0.4 is 5.32 Å². The predicted molar refractivity (Wildman–Crippen MR) is 125 cm³/mol. The van der Waals surface area contributed by atoms with Crippen LogP contribution in [0.4, 0.5) is 0 Å². The molecule has 3 heterocycles. The van der Waals surface area contributed by atoms with Gasteiger partial charge in [-0.25, -0.2) is 0 Å². The molecule has 28 heavy (non-hydrogen) atoms. The summed E-state index contributed by atoms with van der Waals surface area (Å²) in [4.78, 5) is 10.2. The Bertz CT molecular complexity index is 620. The fraction of sp³-hybridized carbons (Fsp3) is 0.682. The van der Waals surface area contributed by atoms with Crippen LogP contribution in [0, 0.1) is 5.92 Å². The van der Waals surface area contributed by atoms with Crippen LogP contribution in [0.1, 0.15) is 44.3 Å². The predicted octanol–water partition coefficient (Wildman–Crippen LogP) is 3.52. The highest BCUT2D eigenvalue weighted by molar-refractivity contribution is 14.0. The van der Waals surface area contributed by atoms with Crippen LogP contribution in [0.2, 0.25) is 0 Å². The molecule has 0 radical (unpaired) electrons. The number of benzene rings is 1. The molecular formula is C22H35IN4O. The van der Waals surface area contributed by atoms with E-state index < -0.39 is 0 Å². The van der Waals surface area contributed by atoms with E-state index >= 15 is 0 Å². The van der Waals surface area contributed by atoms with Gasteiger partial charge in [0.2, 0.25) is 0 Å². The minimum atomic E-state index is 0. The third-order valence-electron chi connectivity index (χ3n) is 6.27. The summed E-state index contributed by atoms with van der Waals surface area (Å²) < 4.78 is 6.04. The average molecular weight is 498 g/mol. The fourth-order valence-corrected chi connectivity index (χ4v) is 4.80. The van der Waals surface area contributed by atoms with Crippen molar-refractivity contribution in [1.29, 1.82) is 0 Å². The first-order valence-corrected chi connectivity index (χ1v) is 10.8. The first kappa shape index (κ1) is 21.8. The number of likely N-dealkylation sites (tertiary alicyclic amines) is 2. The molecule has 3 fully saturated rings. The molecule has 0 bridgehead atoms. The molecule has 4 rings (SSSR count). The summed E-state index contributed by atoms with van der Waals surface area (Å²) in [6.45, 7) is 9.58.